The van der Waals surface area contributed by atoms with Crippen LogP contribution in [-0.2, 0) is 11.8 Å². The number of nitrogens with zero attached hydrogens (tertiary/aromatic N) is 2. The Bertz CT molecular complexity index is 660. The van der Waals surface area contributed by atoms with E-state index in [0.29, 0.717) is 37.4 Å². The van der Waals surface area contributed by atoms with Crippen LogP contribution in [0.4, 0.5) is 0 Å². The third kappa shape index (κ3) is 3.46. The van der Waals surface area contributed by atoms with Crippen LogP contribution in [0.3, 0.4) is 0 Å². The Morgan fingerprint density at radius 3 is 3.13 bits per heavy atom. The van der Waals surface area contributed by atoms with Gasteiger partial charge in [0.2, 0.25) is 0 Å². The molecule has 0 radical (unpaired) electrons. The molecule has 1 saturated heterocycles. The van der Waals surface area contributed by atoms with E-state index in [2.05, 4.69) is 10.4 Å². The van der Waals surface area contributed by atoms with Crippen LogP contribution < -0.4 is 5.32 Å². The first kappa shape index (κ1) is 16.2. The minimum atomic E-state index is -0.157. The Hall–Kier alpha value is -1.70. The summed E-state index contributed by atoms with van der Waals surface area (Å²) in [5.74, 6) is -0.134. The van der Waals surface area contributed by atoms with Gasteiger partial charge in [0.05, 0.1) is 17.0 Å². The summed E-state index contributed by atoms with van der Waals surface area (Å²) >= 11 is 1.56. The Morgan fingerprint density at radius 1 is 1.61 bits per heavy atom. The molecule has 2 N–H and O–H groups in total. The number of hydrogen-bond acceptors (Lipinski definition) is 5. The second kappa shape index (κ2) is 6.82. The van der Waals surface area contributed by atoms with Gasteiger partial charge < -0.3 is 15.2 Å². The maximum absolute atomic E-state index is 12.6. The van der Waals surface area contributed by atoms with Gasteiger partial charge in [-0.15, -0.1) is 11.3 Å². The van der Waals surface area contributed by atoms with Crippen molar-refractivity contribution < 1.29 is 14.6 Å². The van der Waals surface area contributed by atoms with Crippen molar-refractivity contribution in [3.05, 3.63) is 29.3 Å². The Kier molecular flexibility index (Phi) is 4.79. The van der Waals surface area contributed by atoms with Gasteiger partial charge >= 0.3 is 0 Å². The van der Waals surface area contributed by atoms with Gasteiger partial charge in [-0.25, -0.2) is 0 Å². The molecule has 1 aliphatic heterocycles. The van der Waals surface area contributed by atoms with E-state index in [1.807, 2.05) is 24.6 Å². The van der Waals surface area contributed by atoms with Crippen LogP contribution in [0.2, 0.25) is 0 Å². The van der Waals surface area contributed by atoms with Gasteiger partial charge in [0.25, 0.3) is 5.91 Å². The predicted octanol–water partition coefficient (Wildman–Crippen LogP) is 1.67. The van der Waals surface area contributed by atoms with Gasteiger partial charge in [-0.1, -0.05) is 6.07 Å². The van der Waals surface area contributed by atoms with Crippen molar-refractivity contribution in [2.75, 3.05) is 26.4 Å². The number of hydrogen-bond donors (Lipinski definition) is 2. The average Bonchev–Trinajstić information content (AvgIpc) is 3.25. The zero-order chi connectivity index (χ0) is 16.3. The normalized spacial score (nSPS) is 20.8. The van der Waals surface area contributed by atoms with E-state index in [1.165, 1.54) is 0 Å². The fraction of sp³-hybridized carbons (Fsp3) is 0.500. The van der Waals surface area contributed by atoms with Crippen LogP contribution in [0.1, 0.15) is 23.2 Å². The highest BCUT2D eigenvalue weighted by atomic mass is 32.1. The quantitative estimate of drug-likeness (QED) is 0.842. The van der Waals surface area contributed by atoms with Crippen LogP contribution in [0.25, 0.3) is 10.6 Å². The van der Waals surface area contributed by atoms with Gasteiger partial charge in [-0.2, -0.15) is 5.10 Å². The third-order valence-corrected chi connectivity index (χ3v) is 5.16. The molecule has 23 heavy (non-hydrogen) atoms. The fourth-order valence-electron chi connectivity index (χ4n) is 2.92. The SMILES string of the molecule is Cn1cc(C(=O)NCC2(CCO)CCOC2)c(-c2cccs2)n1. The van der Waals surface area contributed by atoms with Crippen molar-refractivity contribution in [3.63, 3.8) is 0 Å². The lowest BCUT2D eigenvalue weighted by Gasteiger charge is -2.26. The topological polar surface area (TPSA) is 76.4 Å². The third-order valence-electron chi connectivity index (χ3n) is 4.28. The van der Waals surface area contributed by atoms with E-state index in [9.17, 15) is 9.90 Å². The van der Waals surface area contributed by atoms with Gasteiger partial charge in [-0.05, 0) is 24.3 Å². The first-order valence-electron chi connectivity index (χ1n) is 7.68. The molecule has 0 aliphatic carbocycles. The molecule has 3 heterocycles. The first-order valence-corrected chi connectivity index (χ1v) is 8.56. The predicted molar refractivity (Wildman–Crippen MR) is 88.4 cm³/mol. The Balaban J connectivity index is 1.74. The molecule has 0 spiro atoms. The van der Waals surface area contributed by atoms with Crippen molar-refractivity contribution in [2.24, 2.45) is 12.5 Å². The van der Waals surface area contributed by atoms with Crippen molar-refractivity contribution in [1.82, 2.24) is 15.1 Å². The molecule has 0 saturated carbocycles. The molecule has 3 rings (SSSR count). The molecule has 1 atom stereocenters. The lowest BCUT2D eigenvalue weighted by atomic mass is 9.84. The summed E-state index contributed by atoms with van der Waals surface area (Å²) in [6.45, 7) is 1.87. The number of rotatable bonds is 6. The zero-order valence-corrected chi connectivity index (χ0v) is 13.9. The summed E-state index contributed by atoms with van der Waals surface area (Å²) < 4.78 is 7.12. The summed E-state index contributed by atoms with van der Waals surface area (Å²) in [5.41, 5.74) is 1.13. The fourth-order valence-corrected chi connectivity index (χ4v) is 3.65. The average molecular weight is 335 g/mol. The molecule has 6 nitrogen and oxygen atoms in total. The molecule has 1 amide bonds. The van der Waals surface area contributed by atoms with Crippen LogP contribution >= 0.6 is 11.3 Å². The molecule has 124 valence electrons. The van der Waals surface area contributed by atoms with E-state index >= 15 is 0 Å². The number of aromatic nitrogens is 2. The summed E-state index contributed by atoms with van der Waals surface area (Å²) in [7, 11) is 1.81. The molecule has 1 aliphatic rings. The summed E-state index contributed by atoms with van der Waals surface area (Å²) in [6, 6.07) is 3.91. The molecule has 2 aromatic rings. The smallest absolute Gasteiger partial charge is 0.255 e. The minimum absolute atomic E-state index is 0.104. The molecule has 1 unspecified atom stereocenters. The molecule has 7 heteroatoms. The van der Waals surface area contributed by atoms with E-state index in [0.717, 1.165) is 11.3 Å². The van der Waals surface area contributed by atoms with Gasteiger partial charge in [-0.3, -0.25) is 9.48 Å². The number of aliphatic hydroxyl groups is 1. The number of nitrogens with one attached hydrogen (secondary N) is 1. The van der Waals surface area contributed by atoms with Crippen LogP contribution in [0.15, 0.2) is 23.7 Å². The largest absolute Gasteiger partial charge is 0.396 e. The number of amides is 1. The zero-order valence-electron chi connectivity index (χ0n) is 13.1. The van der Waals surface area contributed by atoms with Crippen LogP contribution in [0.5, 0.6) is 0 Å². The Morgan fingerprint density at radius 2 is 2.48 bits per heavy atom. The number of carbonyl (C=O) groups is 1. The van der Waals surface area contributed by atoms with E-state index in [4.69, 9.17) is 4.74 Å². The maximum Gasteiger partial charge on any atom is 0.255 e. The lowest BCUT2D eigenvalue weighted by molar-refractivity contribution is 0.0890. The molecule has 2 aromatic heterocycles. The highest BCUT2D eigenvalue weighted by Crippen LogP contribution is 2.32. The highest BCUT2D eigenvalue weighted by molar-refractivity contribution is 7.13. The molecule has 1 fully saturated rings. The van der Waals surface area contributed by atoms with Crippen molar-refractivity contribution in [2.45, 2.75) is 12.8 Å². The van der Waals surface area contributed by atoms with E-state index in [-0.39, 0.29) is 17.9 Å². The number of carbonyl (C=O) groups excluding carboxylic acids is 1. The molecular formula is C16H21N3O3S. The monoisotopic (exact) mass is 335 g/mol. The van der Waals surface area contributed by atoms with Crippen molar-refractivity contribution in [3.8, 4) is 10.6 Å². The maximum atomic E-state index is 12.6. The summed E-state index contributed by atoms with van der Waals surface area (Å²) in [6.07, 6.45) is 3.24. The lowest BCUT2D eigenvalue weighted by Crippen LogP contribution is -2.38. The van der Waals surface area contributed by atoms with E-state index in [1.54, 1.807) is 22.2 Å². The van der Waals surface area contributed by atoms with Crippen LogP contribution in [0, 0.1) is 5.41 Å². The van der Waals surface area contributed by atoms with Crippen molar-refractivity contribution >= 4 is 17.2 Å². The number of aliphatic hydroxyl groups excluding tert-OH is 1. The minimum Gasteiger partial charge on any atom is -0.396 e. The number of ether oxygens (including phenoxy) is 1. The van der Waals surface area contributed by atoms with Gasteiger partial charge in [0.1, 0.15) is 5.69 Å². The molecule has 0 bridgehead atoms. The van der Waals surface area contributed by atoms with E-state index < -0.39 is 0 Å². The van der Waals surface area contributed by atoms with Gasteiger partial charge in [0.15, 0.2) is 0 Å². The van der Waals surface area contributed by atoms with Crippen LogP contribution in [-0.4, -0.2) is 47.2 Å². The summed E-state index contributed by atoms with van der Waals surface area (Å²) in [5, 5.41) is 18.6. The number of thiophene rings is 1. The highest BCUT2D eigenvalue weighted by Gasteiger charge is 2.35. The Labute approximate surface area is 139 Å². The second-order valence-corrected chi connectivity index (χ2v) is 6.95. The second-order valence-electron chi connectivity index (χ2n) is 6.00. The molecular weight excluding hydrogens is 314 g/mol. The van der Waals surface area contributed by atoms with Crippen molar-refractivity contribution in [1.29, 1.82) is 0 Å². The summed E-state index contributed by atoms with van der Waals surface area (Å²) in [4.78, 5) is 13.6. The van der Waals surface area contributed by atoms with Gasteiger partial charge in [0, 0.05) is 38.4 Å². The first-order chi connectivity index (χ1) is 11.1. The molecule has 0 aromatic carbocycles. The standard InChI is InChI=1S/C16H21N3O3S/c1-19-9-12(14(18-19)13-3-2-8-23-13)15(21)17-10-16(4-6-20)5-7-22-11-16/h2-3,8-9,20H,4-7,10-11H2,1H3,(H,17,21). The number of aryl methyl sites for hydroxylation is 1.